The molecule has 1 heterocycles. The normalized spacial score (nSPS) is 13.9. The summed E-state index contributed by atoms with van der Waals surface area (Å²) < 4.78 is 5.56. The van der Waals surface area contributed by atoms with Gasteiger partial charge in [-0.3, -0.25) is 4.79 Å². The van der Waals surface area contributed by atoms with Gasteiger partial charge in [0.05, 0.1) is 12.2 Å². The van der Waals surface area contributed by atoms with E-state index in [9.17, 15) is 4.79 Å². The highest BCUT2D eigenvalue weighted by molar-refractivity contribution is 6.04. The van der Waals surface area contributed by atoms with Crippen molar-refractivity contribution in [1.82, 2.24) is 0 Å². The summed E-state index contributed by atoms with van der Waals surface area (Å²) in [4.78, 5) is 14.1. The van der Waals surface area contributed by atoms with Crippen LogP contribution in [-0.2, 0) is 4.79 Å². The highest BCUT2D eigenvalue weighted by Gasteiger charge is 2.21. The second-order valence-corrected chi connectivity index (χ2v) is 5.05. The van der Waals surface area contributed by atoms with Gasteiger partial charge in [-0.1, -0.05) is 42.0 Å². The smallest absolute Gasteiger partial charge is 0.251 e. The first kappa shape index (κ1) is 13.4. The molecule has 1 aliphatic heterocycles. The first-order valence-electron chi connectivity index (χ1n) is 7.02. The first-order chi connectivity index (χ1) is 10.2. The van der Waals surface area contributed by atoms with E-state index in [-0.39, 0.29) is 5.91 Å². The number of carbonyl (C=O) groups is 1. The lowest BCUT2D eigenvalue weighted by atomic mass is 10.1. The maximum atomic E-state index is 12.4. The Morgan fingerprint density at radius 3 is 2.71 bits per heavy atom. The van der Waals surface area contributed by atoms with E-state index in [1.54, 1.807) is 11.0 Å². The lowest BCUT2D eigenvalue weighted by Gasteiger charge is -2.28. The second kappa shape index (κ2) is 5.83. The predicted octanol–water partition coefficient (Wildman–Crippen LogP) is 3.43. The molecule has 1 aliphatic rings. The van der Waals surface area contributed by atoms with Gasteiger partial charge in [0.25, 0.3) is 5.91 Å². The minimum Gasteiger partial charge on any atom is -0.490 e. The highest BCUT2D eigenvalue weighted by Crippen LogP contribution is 2.31. The van der Waals surface area contributed by atoms with E-state index in [0.717, 1.165) is 17.0 Å². The third-order valence-electron chi connectivity index (χ3n) is 3.49. The van der Waals surface area contributed by atoms with Gasteiger partial charge >= 0.3 is 0 Å². The number of fused-ring (bicyclic) bond motifs is 1. The van der Waals surface area contributed by atoms with Gasteiger partial charge in [0, 0.05) is 6.08 Å². The summed E-state index contributed by atoms with van der Waals surface area (Å²) in [6.45, 7) is 3.15. The van der Waals surface area contributed by atoms with Gasteiger partial charge in [0.1, 0.15) is 12.4 Å². The van der Waals surface area contributed by atoms with Crippen LogP contribution in [0, 0.1) is 6.92 Å². The Morgan fingerprint density at radius 2 is 1.90 bits per heavy atom. The summed E-state index contributed by atoms with van der Waals surface area (Å²) in [7, 11) is 0. The van der Waals surface area contributed by atoms with Gasteiger partial charge in [-0.15, -0.1) is 0 Å². The zero-order chi connectivity index (χ0) is 14.7. The molecule has 0 fully saturated rings. The molecule has 0 aromatic heterocycles. The zero-order valence-electron chi connectivity index (χ0n) is 12.0. The van der Waals surface area contributed by atoms with E-state index in [1.165, 1.54) is 5.56 Å². The molecule has 2 aromatic carbocycles. The molecule has 3 heteroatoms. The molecule has 0 N–H and O–H groups in total. The lowest BCUT2D eigenvalue weighted by molar-refractivity contribution is -0.114. The number of hydrogen-bond acceptors (Lipinski definition) is 2. The molecule has 0 bridgehead atoms. The molecule has 21 heavy (non-hydrogen) atoms. The fraction of sp³-hybridized carbons (Fsp3) is 0.167. The molecule has 2 aromatic rings. The molecule has 0 saturated heterocycles. The van der Waals surface area contributed by atoms with Gasteiger partial charge in [-0.2, -0.15) is 0 Å². The van der Waals surface area contributed by atoms with E-state index in [1.807, 2.05) is 61.5 Å². The highest BCUT2D eigenvalue weighted by atomic mass is 16.5. The van der Waals surface area contributed by atoms with Crippen LogP contribution in [0.2, 0.25) is 0 Å². The van der Waals surface area contributed by atoms with Crippen LogP contribution in [0.4, 0.5) is 5.69 Å². The van der Waals surface area contributed by atoms with Crippen molar-refractivity contribution >= 4 is 17.7 Å². The van der Waals surface area contributed by atoms with Crippen LogP contribution >= 0.6 is 0 Å². The molecule has 106 valence electrons. The van der Waals surface area contributed by atoms with Crippen molar-refractivity contribution in [1.29, 1.82) is 0 Å². The zero-order valence-corrected chi connectivity index (χ0v) is 12.0. The van der Waals surface area contributed by atoms with Crippen LogP contribution in [0.3, 0.4) is 0 Å². The van der Waals surface area contributed by atoms with E-state index in [0.29, 0.717) is 13.2 Å². The van der Waals surface area contributed by atoms with Gasteiger partial charge in [-0.25, -0.2) is 0 Å². The van der Waals surface area contributed by atoms with Crippen LogP contribution < -0.4 is 9.64 Å². The largest absolute Gasteiger partial charge is 0.490 e. The van der Waals surface area contributed by atoms with Gasteiger partial charge in [0.2, 0.25) is 0 Å². The van der Waals surface area contributed by atoms with Crippen molar-refractivity contribution in [2.75, 3.05) is 18.1 Å². The molecule has 0 atom stereocenters. The second-order valence-electron chi connectivity index (χ2n) is 5.05. The quantitative estimate of drug-likeness (QED) is 0.788. The number of ether oxygens (including phenoxy) is 1. The fourth-order valence-electron chi connectivity index (χ4n) is 2.33. The number of para-hydroxylation sites is 2. The van der Waals surface area contributed by atoms with E-state index in [4.69, 9.17) is 4.74 Å². The van der Waals surface area contributed by atoms with Crippen LogP contribution in [0.1, 0.15) is 11.1 Å². The van der Waals surface area contributed by atoms with Crippen molar-refractivity contribution in [3.8, 4) is 5.75 Å². The van der Waals surface area contributed by atoms with Crippen LogP contribution in [0.5, 0.6) is 5.75 Å². The Labute approximate surface area is 124 Å². The Morgan fingerprint density at radius 1 is 1.14 bits per heavy atom. The molecular formula is C18H17NO2. The molecule has 0 aliphatic carbocycles. The number of nitrogens with zero attached hydrogens (tertiary/aromatic N) is 1. The third-order valence-corrected chi connectivity index (χ3v) is 3.49. The van der Waals surface area contributed by atoms with E-state index >= 15 is 0 Å². The van der Waals surface area contributed by atoms with Crippen molar-refractivity contribution in [3.63, 3.8) is 0 Å². The fourth-order valence-corrected chi connectivity index (χ4v) is 2.33. The van der Waals surface area contributed by atoms with Crippen molar-refractivity contribution in [2.24, 2.45) is 0 Å². The average Bonchev–Trinajstić information content (AvgIpc) is 2.53. The molecule has 0 saturated carbocycles. The monoisotopic (exact) mass is 279 g/mol. The molecular weight excluding hydrogens is 262 g/mol. The van der Waals surface area contributed by atoms with Crippen LogP contribution in [-0.4, -0.2) is 19.1 Å². The predicted molar refractivity (Wildman–Crippen MR) is 84.5 cm³/mol. The Kier molecular flexibility index (Phi) is 3.73. The number of hydrogen-bond donors (Lipinski definition) is 0. The maximum absolute atomic E-state index is 12.4. The SMILES string of the molecule is Cc1ccc(/C=C/C(=O)N2CCOc3ccccc32)cc1. The van der Waals surface area contributed by atoms with Gasteiger partial charge in [0.15, 0.2) is 0 Å². The summed E-state index contributed by atoms with van der Waals surface area (Å²) in [6, 6.07) is 15.7. The summed E-state index contributed by atoms with van der Waals surface area (Å²) in [5, 5.41) is 0. The minimum absolute atomic E-state index is 0.0219. The molecule has 0 radical (unpaired) electrons. The summed E-state index contributed by atoms with van der Waals surface area (Å²) >= 11 is 0. The van der Waals surface area contributed by atoms with E-state index < -0.39 is 0 Å². The number of anilines is 1. The number of amides is 1. The van der Waals surface area contributed by atoms with Crippen molar-refractivity contribution in [3.05, 3.63) is 65.7 Å². The average molecular weight is 279 g/mol. The van der Waals surface area contributed by atoms with Crippen molar-refractivity contribution in [2.45, 2.75) is 6.92 Å². The van der Waals surface area contributed by atoms with E-state index in [2.05, 4.69) is 0 Å². The molecule has 0 unspecified atom stereocenters. The molecule has 1 amide bonds. The van der Waals surface area contributed by atoms with Gasteiger partial charge in [-0.05, 0) is 30.7 Å². The molecule has 3 nitrogen and oxygen atoms in total. The first-order valence-corrected chi connectivity index (χ1v) is 7.02. The summed E-state index contributed by atoms with van der Waals surface area (Å²) in [5.41, 5.74) is 3.07. The molecule has 3 rings (SSSR count). The Bertz CT molecular complexity index is 674. The van der Waals surface area contributed by atoms with Crippen LogP contribution in [0.15, 0.2) is 54.6 Å². The third kappa shape index (κ3) is 2.97. The van der Waals surface area contributed by atoms with Gasteiger partial charge < -0.3 is 9.64 Å². The van der Waals surface area contributed by atoms with Crippen molar-refractivity contribution < 1.29 is 9.53 Å². The number of rotatable bonds is 2. The Hall–Kier alpha value is -2.55. The molecule has 0 spiro atoms. The number of benzene rings is 2. The summed E-state index contributed by atoms with van der Waals surface area (Å²) in [6.07, 6.45) is 3.46. The Balaban J connectivity index is 1.79. The summed E-state index contributed by atoms with van der Waals surface area (Å²) in [5.74, 6) is 0.743. The van der Waals surface area contributed by atoms with Crippen LogP contribution in [0.25, 0.3) is 6.08 Å². The number of aryl methyl sites for hydroxylation is 1. The standard InChI is InChI=1S/C18H17NO2/c1-14-6-8-15(9-7-14)10-11-18(20)19-12-13-21-17-5-3-2-4-16(17)19/h2-11H,12-13H2,1H3/b11-10+. The number of carbonyl (C=O) groups excluding carboxylic acids is 1. The lowest BCUT2D eigenvalue weighted by Crippen LogP contribution is -2.36. The minimum atomic E-state index is -0.0219. The maximum Gasteiger partial charge on any atom is 0.251 e. The topological polar surface area (TPSA) is 29.5 Å².